The van der Waals surface area contributed by atoms with Gasteiger partial charge in [-0.15, -0.1) is 0 Å². The van der Waals surface area contributed by atoms with Crippen LogP contribution in [0.15, 0.2) is 72.9 Å². The molecule has 3 rings (SSSR count). The second kappa shape index (κ2) is 10.8. The number of carbonyl (C=O) groups is 4. The van der Waals surface area contributed by atoms with E-state index in [-0.39, 0.29) is 11.1 Å². The highest BCUT2D eigenvalue weighted by Gasteiger charge is 2.68. The molecule has 0 N–H and O–H groups in total. The number of hydrogen-bond donors (Lipinski definition) is 0. The van der Waals surface area contributed by atoms with Gasteiger partial charge in [-0.05, 0) is 44.2 Å². The molecule has 0 aliphatic carbocycles. The van der Waals surface area contributed by atoms with E-state index in [1.54, 1.807) is 36.4 Å². The average molecular weight is 501 g/mol. The van der Waals surface area contributed by atoms with Gasteiger partial charge in [0.25, 0.3) is 5.85 Å². The molecule has 190 valence electrons. The van der Waals surface area contributed by atoms with Crippen molar-refractivity contribution in [2.75, 3.05) is 6.61 Å². The number of carbonyl (C=O) groups excluding carboxylic acids is 4. The molecule has 10 heteroatoms. The Kier molecular flexibility index (Phi) is 7.99. The van der Waals surface area contributed by atoms with Crippen LogP contribution < -0.4 is 0 Å². The fraction of sp³-hybridized carbons (Fsp3) is 0.308. The van der Waals surface area contributed by atoms with Crippen LogP contribution in [0.4, 0.5) is 8.78 Å². The van der Waals surface area contributed by atoms with E-state index in [4.69, 9.17) is 14.2 Å². The first-order chi connectivity index (χ1) is 17.0. The molecule has 1 heterocycles. The number of hydrogen-bond acceptors (Lipinski definition) is 7. The van der Waals surface area contributed by atoms with Crippen LogP contribution >= 0.6 is 0 Å². The van der Waals surface area contributed by atoms with E-state index in [9.17, 15) is 19.2 Å². The number of alkyl halides is 2. The summed E-state index contributed by atoms with van der Waals surface area (Å²) >= 11 is 0. The van der Waals surface area contributed by atoms with E-state index in [1.165, 1.54) is 31.2 Å². The van der Waals surface area contributed by atoms with Crippen LogP contribution in [-0.2, 0) is 23.8 Å². The maximum atomic E-state index is 15.9. The van der Waals surface area contributed by atoms with Gasteiger partial charge >= 0.3 is 11.9 Å². The maximum absolute atomic E-state index is 15.9. The Labute approximate surface area is 206 Å². The van der Waals surface area contributed by atoms with E-state index in [0.29, 0.717) is 0 Å². The lowest BCUT2D eigenvalue weighted by Crippen LogP contribution is -2.55. The molecule has 1 fully saturated rings. The summed E-state index contributed by atoms with van der Waals surface area (Å²) < 4.78 is 47.4. The molecule has 2 aromatic rings. The summed E-state index contributed by atoms with van der Waals surface area (Å²) in [5.74, 6) is -6.44. The minimum absolute atomic E-state index is 0.0465. The number of benzene rings is 2. The molecule has 0 radical (unpaired) electrons. The molecule has 0 unspecified atom stereocenters. The zero-order valence-corrected chi connectivity index (χ0v) is 19.9. The highest BCUT2D eigenvalue weighted by molar-refractivity contribution is 5.90. The second-order valence-corrected chi connectivity index (χ2v) is 8.35. The lowest BCUT2D eigenvalue weighted by Gasteiger charge is -2.35. The second-order valence-electron chi connectivity index (χ2n) is 8.35. The molecule has 2 aromatic carbocycles. The molecule has 1 aliphatic heterocycles. The molecule has 0 bridgehead atoms. The van der Waals surface area contributed by atoms with Crippen molar-refractivity contribution in [3.8, 4) is 0 Å². The van der Waals surface area contributed by atoms with E-state index in [0.717, 1.165) is 31.0 Å². The molecule has 36 heavy (non-hydrogen) atoms. The Morgan fingerprint density at radius 2 is 1.50 bits per heavy atom. The zero-order chi connectivity index (χ0) is 26.5. The number of rotatable bonds is 8. The maximum Gasteiger partial charge on any atom is 0.338 e. The summed E-state index contributed by atoms with van der Waals surface area (Å²) in [6, 6.07) is 15.2. The van der Waals surface area contributed by atoms with Crippen molar-refractivity contribution in [3.05, 3.63) is 84.1 Å². The minimum atomic E-state index is -3.29. The molecular formula is C26H25F2NO7. The van der Waals surface area contributed by atoms with Crippen molar-refractivity contribution in [1.29, 1.82) is 0 Å². The van der Waals surface area contributed by atoms with Gasteiger partial charge < -0.3 is 14.2 Å². The number of amides is 1. The smallest absolute Gasteiger partial charge is 0.338 e. The SMILES string of the molecule is CC(=O)/C=C\N(C(C)=O)[C@@H]1O[C@](F)(COC(=O)c2ccccc2)[C@@H](F)[C@@]1(C)OC(=O)c1ccccc1. The molecule has 4 atom stereocenters. The van der Waals surface area contributed by atoms with Crippen molar-refractivity contribution >= 4 is 23.6 Å². The van der Waals surface area contributed by atoms with Gasteiger partial charge in [-0.2, -0.15) is 0 Å². The fourth-order valence-corrected chi connectivity index (χ4v) is 3.65. The Morgan fingerprint density at radius 3 is 2.00 bits per heavy atom. The quantitative estimate of drug-likeness (QED) is 0.401. The summed E-state index contributed by atoms with van der Waals surface area (Å²) in [6.07, 6.45) is -2.56. The van der Waals surface area contributed by atoms with E-state index < -0.39 is 54.1 Å². The van der Waals surface area contributed by atoms with Crippen LogP contribution in [0, 0.1) is 0 Å². The molecule has 8 nitrogen and oxygen atoms in total. The first kappa shape index (κ1) is 26.7. The number of nitrogens with zero attached hydrogens (tertiary/aromatic N) is 1. The first-order valence-corrected chi connectivity index (χ1v) is 11.0. The number of ether oxygens (including phenoxy) is 3. The van der Waals surface area contributed by atoms with Crippen LogP contribution in [0.2, 0.25) is 0 Å². The van der Waals surface area contributed by atoms with E-state index in [1.807, 2.05) is 0 Å². The van der Waals surface area contributed by atoms with Crippen molar-refractivity contribution < 1.29 is 42.2 Å². The van der Waals surface area contributed by atoms with Crippen molar-refractivity contribution in [3.63, 3.8) is 0 Å². The van der Waals surface area contributed by atoms with Gasteiger partial charge in [-0.3, -0.25) is 14.5 Å². The Morgan fingerprint density at radius 1 is 0.972 bits per heavy atom. The van der Waals surface area contributed by atoms with Crippen LogP contribution in [0.1, 0.15) is 41.5 Å². The highest BCUT2D eigenvalue weighted by Crippen LogP contribution is 2.46. The standard InChI is InChI=1S/C26H25F2NO7/c1-17(30)14-15-29(18(2)31)24-25(3,35-22(33)20-12-8-5-9-13-20)23(27)26(28,36-24)16-34-21(32)19-10-6-4-7-11-19/h4-15,23-24H,16H2,1-3H3/b15-14-/t23-,24+,25+,26+/m0/s1. The topological polar surface area (TPSA) is 99.2 Å². The Balaban J connectivity index is 1.95. The third kappa shape index (κ3) is 5.65. The van der Waals surface area contributed by atoms with Crippen LogP contribution in [0.25, 0.3) is 0 Å². The summed E-state index contributed by atoms with van der Waals surface area (Å²) in [6.45, 7) is 2.15. The largest absolute Gasteiger partial charge is 0.456 e. The van der Waals surface area contributed by atoms with Crippen molar-refractivity contribution in [2.45, 2.75) is 44.6 Å². The highest BCUT2D eigenvalue weighted by atomic mass is 19.2. The Bertz CT molecular complexity index is 1160. The van der Waals surface area contributed by atoms with Gasteiger partial charge in [-0.1, -0.05) is 36.4 Å². The molecular weight excluding hydrogens is 476 g/mol. The zero-order valence-electron chi connectivity index (χ0n) is 19.9. The minimum Gasteiger partial charge on any atom is -0.456 e. The van der Waals surface area contributed by atoms with Gasteiger partial charge in [0.2, 0.25) is 12.1 Å². The van der Waals surface area contributed by atoms with Gasteiger partial charge in [0.1, 0.15) is 0 Å². The third-order valence-corrected chi connectivity index (χ3v) is 5.50. The Hall–Kier alpha value is -3.92. The first-order valence-electron chi connectivity index (χ1n) is 11.0. The monoisotopic (exact) mass is 501 g/mol. The van der Waals surface area contributed by atoms with Gasteiger partial charge in [0.15, 0.2) is 24.2 Å². The summed E-state index contributed by atoms with van der Waals surface area (Å²) in [7, 11) is 0. The average Bonchev–Trinajstić information content (AvgIpc) is 3.04. The molecule has 0 saturated carbocycles. The summed E-state index contributed by atoms with van der Waals surface area (Å²) in [5, 5.41) is 0. The fourth-order valence-electron chi connectivity index (χ4n) is 3.65. The van der Waals surface area contributed by atoms with Gasteiger partial charge in [0.05, 0.1) is 11.1 Å². The summed E-state index contributed by atoms with van der Waals surface area (Å²) in [5.41, 5.74) is -2.25. The molecule has 0 aromatic heterocycles. The molecule has 1 saturated heterocycles. The normalized spacial score (nSPS) is 25.4. The number of esters is 2. The number of allylic oxidation sites excluding steroid dienone is 1. The third-order valence-electron chi connectivity index (χ3n) is 5.50. The summed E-state index contributed by atoms with van der Waals surface area (Å²) in [4.78, 5) is 49.7. The van der Waals surface area contributed by atoms with Crippen LogP contribution in [-0.4, -0.2) is 59.0 Å². The molecule has 1 amide bonds. The predicted molar refractivity (Wildman–Crippen MR) is 123 cm³/mol. The lowest BCUT2D eigenvalue weighted by atomic mass is 9.95. The van der Waals surface area contributed by atoms with Crippen LogP contribution in [0.3, 0.4) is 0 Å². The van der Waals surface area contributed by atoms with Gasteiger partial charge in [-0.25, -0.2) is 18.4 Å². The number of halogens is 2. The predicted octanol–water partition coefficient (Wildman–Crippen LogP) is 3.77. The van der Waals surface area contributed by atoms with Crippen molar-refractivity contribution in [1.82, 2.24) is 4.90 Å². The van der Waals surface area contributed by atoms with Gasteiger partial charge in [0, 0.05) is 13.1 Å². The molecule has 0 spiro atoms. The molecule has 1 aliphatic rings. The lowest BCUT2D eigenvalue weighted by molar-refractivity contribution is -0.205. The van der Waals surface area contributed by atoms with E-state index >= 15 is 8.78 Å². The van der Waals surface area contributed by atoms with Crippen molar-refractivity contribution in [2.24, 2.45) is 0 Å². The van der Waals surface area contributed by atoms with Crippen LogP contribution in [0.5, 0.6) is 0 Å². The number of ketones is 1. The van der Waals surface area contributed by atoms with E-state index in [2.05, 4.69) is 0 Å².